The molecule has 3 aromatic rings. The van der Waals surface area contributed by atoms with Crippen LogP contribution < -0.4 is 14.2 Å². The average molecular weight is 347 g/mol. The number of aromatic nitrogens is 1. The van der Waals surface area contributed by atoms with Crippen LogP contribution in [-0.2, 0) is 7.05 Å². The van der Waals surface area contributed by atoms with Gasteiger partial charge in [0.25, 0.3) is 0 Å². The summed E-state index contributed by atoms with van der Waals surface area (Å²) in [5.74, 6) is 0.897. The van der Waals surface area contributed by atoms with Crippen LogP contribution in [0.2, 0.25) is 0 Å². The van der Waals surface area contributed by atoms with Crippen molar-refractivity contribution in [3.8, 4) is 5.75 Å². The predicted molar refractivity (Wildman–Crippen MR) is 111 cm³/mol. The minimum atomic E-state index is 0.897. The maximum atomic E-state index is 5.63. The van der Waals surface area contributed by atoms with Gasteiger partial charge in [-0.3, -0.25) is 0 Å². The average Bonchev–Trinajstić information content (AvgIpc) is 2.69. The summed E-state index contributed by atoms with van der Waals surface area (Å²) in [6, 6.07) is 19.1. The van der Waals surface area contributed by atoms with Crippen LogP contribution in [0.4, 0.5) is 5.69 Å². The molecule has 0 spiro atoms. The Kier molecular flexibility index (Phi) is 5.57. The van der Waals surface area contributed by atoms with E-state index in [-0.39, 0.29) is 0 Å². The molecule has 0 bridgehead atoms. The molecule has 1 heterocycles. The van der Waals surface area contributed by atoms with Crippen molar-refractivity contribution in [3.63, 3.8) is 0 Å². The van der Waals surface area contributed by atoms with Crippen molar-refractivity contribution >= 4 is 28.7 Å². The van der Waals surface area contributed by atoms with E-state index in [1.54, 1.807) is 7.11 Å². The molecule has 0 saturated carbocycles. The summed E-state index contributed by atoms with van der Waals surface area (Å²) in [5, 5.41) is 1.24. The number of pyridine rings is 1. The first-order valence-electron chi connectivity index (χ1n) is 9.16. The predicted octanol–water partition coefficient (Wildman–Crippen LogP) is 4.69. The van der Waals surface area contributed by atoms with E-state index < -0.39 is 0 Å². The minimum absolute atomic E-state index is 0.897. The first-order chi connectivity index (χ1) is 12.7. The third-order valence-electron chi connectivity index (χ3n) is 4.90. The number of aryl methyl sites for hydroxylation is 1. The van der Waals surface area contributed by atoms with Gasteiger partial charge < -0.3 is 9.64 Å². The summed E-state index contributed by atoms with van der Waals surface area (Å²) in [6.45, 7) is 6.32. The molecule has 0 fully saturated rings. The fraction of sp³-hybridized carbons (Fsp3) is 0.261. The van der Waals surface area contributed by atoms with Crippen molar-refractivity contribution in [3.05, 3.63) is 65.9 Å². The number of hydrogen-bond acceptors (Lipinski definition) is 2. The Bertz CT molecular complexity index is 927. The molecule has 3 nitrogen and oxygen atoms in total. The van der Waals surface area contributed by atoms with Gasteiger partial charge in [-0.25, -0.2) is 0 Å². The lowest BCUT2D eigenvalue weighted by Crippen LogP contribution is -2.32. The molecular weight excluding hydrogens is 320 g/mol. The van der Waals surface area contributed by atoms with Crippen LogP contribution in [0.1, 0.15) is 25.1 Å². The van der Waals surface area contributed by atoms with Crippen LogP contribution in [0, 0.1) is 0 Å². The van der Waals surface area contributed by atoms with Gasteiger partial charge in [-0.05, 0) is 44.2 Å². The van der Waals surface area contributed by atoms with E-state index in [4.69, 9.17) is 4.74 Å². The number of anilines is 1. The number of hydrogen-bond donors (Lipinski definition) is 0. The molecule has 0 unspecified atom stereocenters. The van der Waals surface area contributed by atoms with Crippen LogP contribution in [0.5, 0.6) is 5.75 Å². The fourth-order valence-corrected chi connectivity index (χ4v) is 3.33. The summed E-state index contributed by atoms with van der Waals surface area (Å²) in [4.78, 5) is 2.32. The summed E-state index contributed by atoms with van der Waals surface area (Å²) in [7, 11) is 3.83. The van der Waals surface area contributed by atoms with Crippen molar-refractivity contribution in [2.75, 3.05) is 25.1 Å². The Labute approximate surface area is 156 Å². The van der Waals surface area contributed by atoms with Gasteiger partial charge in [0.05, 0.1) is 7.11 Å². The molecule has 1 aromatic heterocycles. The van der Waals surface area contributed by atoms with Gasteiger partial charge in [-0.2, -0.15) is 4.57 Å². The third-order valence-corrected chi connectivity index (χ3v) is 4.90. The van der Waals surface area contributed by atoms with Crippen molar-refractivity contribution in [1.82, 2.24) is 0 Å². The molecule has 0 saturated heterocycles. The van der Waals surface area contributed by atoms with Gasteiger partial charge in [0.2, 0.25) is 11.2 Å². The zero-order valence-corrected chi connectivity index (χ0v) is 16.1. The first-order valence-corrected chi connectivity index (χ1v) is 9.16. The Morgan fingerprint density at radius 3 is 2.46 bits per heavy atom. The molecule has 0 atom stereocenters. The van der Waals surface area contributed by atoms with Gasteiger partial charge >= 0.3 is 0 Å². The van der Waals surface area contributed by atoms with Crippen LogP contribution in [-0.4, -0.2) is 20.2 Å². The lowest BCUT2D eigenvalue weighted by Gasteiger charge is -2.22. The number of para-hydroxylation sites is 1. The van der Waals surface area contributed by atoms with Gasteiger partial charge in [0.15, 0.2) is 0 Å². The zero-order chi connectivity index (χ0) is 18.5. The minimum Gasteiger partial charge on any atom is -0.496 e. The topological polar surface area (TPSA) is 16.4 Å². The highest BCUT2D eigenvalue weighted by molar-refractivity contribution is 5.78. The highest BCUT2D eigenvalue weighted by atomic mass is 16.5. The second-order valence-corrected chi connectivity index (χ2v) is 6.31. The molecule has 0 aliphatic rings. The molecule has 0 radical (unpaired) electrons. The van der Waals surface area contributed by atoms with Gasteiger partial charge in [-0.15, -0.1) is 0 Å². The molecule has 0 amide bonds. The molecule has 3 rings (SSSR count). The van der Waals surface area contributed by atoms with Crippen molar-refractivity contribution < 1.29 is 9.30 Å². The van der Waals surface area contributed by atoms with Crippen molar-refractivity contribution in [2.45, 2.75) is 13.8 Å². The SMILES string of the molecule is CCN(CC)c1ccc(C=Cc2ccc3ccccc3[n+]2C)c(OC)c1. The summed E-state index contributed by atoms with van der Waals surface area (Å²) >= 11 is 0. The van der Waals surface area contributed by atoms with Crippen LogP contribution in [0.3, 0.4) is 0 Å². The lowest BCUT2D eigenvalue weighted by atomic mass is 10.1. The molecule has 0 aliphatic heterocycles. The van der Waals surface area contributed by atoms with Gasteiger partial charge in [-0.1, -0.05) is 12.1 Å². The van der Waals surface area contributed by atoms with Gasteiger partial charge in [0, 0.05) is 54.0 Å². The largest absolute Gasteiger partial charge is 0.496 e. The zero-order valence-electron chi connectivity index (χ0n) is 16.1. The van der Waals surface area contributed by atoms with E-state index in [0.717, 1.165) is 30.1 Å². The summed E-state index contributed by atoms with van der Waals surface area (Å²) in [5.41, 5.74) is 4.65. The Morgan fingerprint density at radius 2 is 1.73 bits per heavy atom. The number of fused-ring (bicyclic) bond motifs is 1. The van der Waals surface area contributed by atoms with E-state index in [1.165, 1.54) is 16.6 Å². The second-order valence-electron chi connectivity index (χ2n) is 6.31. The Morgan fingerprint density at radius 1 is 0.962 bits per heavy atom. The number of ether oxygens (including phenoxy) is 1. The van der Waals surface area contributed by atoms with Crippen molar-refractivity contribution in [2.24, 2.45) is 7.05 Å². The standard InChI is InChI=1S/C23H27N2O/c1-5-25(6-2)21-16-13-19(23(17-21)26-4)12-15-20-14-11-18-9-7-8-10-22(18)24(20)3/h7-17H,5-6H2,1-4H3/q+1. The maximum Gasteiger partial charge on any atom is 0.212 e. The smallest absolute Gasteiger partial charge is 0.212 e. The normalized spacial score (nSPS) is 11.2. The number of methoxy groups -OCH3 is 1. The molecule has 3 heteroatoms. The molecule has 0 N–H and O–H groups in total. The van der Waals surface area contributed by atoms with E-state index >= 15 is 0 Å². The number of rotatable bonds is 6. The summed E-state index contributed by atoms with van der Waals surface area (Å²) < 4.78 is 7.84. The van der Waals surface area contributed by atoms with E-state index in [1.807, 2.05) is 0 Å². The fourth-order valence-electron chi connectivity index (χ4n) is 3.33. The number of benzene rings is 2. The molecule has 0 aliphatic carbocycles. The molecular formula is C23H27N2O+. The molecule has 26 heavy (non-hydrogen) atoms. The Balaban J connectivity index is 1.94. The first kappa shape index (κ1) is 18.0. The quantitative estimate of drug-likeness (QED) is 0.602. The molecule has 2 aromatic carbocycles. The monoisotopic (exact) mass is 347 g/mol. The van der Waals surface area contributed by atoms with Crippen LogP contribution in [0.15, 0.2) is 54.6 Å². The lowest BCUT2D eigenvalue weighted by molar-refractivity contribution is -0.646. The van der Waals surface area contributed by atoms with Crippen LogP contribution >= 0.6 is 0 Å². The van der Waals surface area contributed by atoms with E-state index in [9.17, 15) is 0 Å². The van der Waals surface area contributed by atoms with E-state index in [2.05, 4.69) is 97.1 Å². The molecule has 134 valence electrons. The van der Waals surface area contributed by atoms with E-state index in [0.29, 0.717) is 0 Å². The van der Waals surface area contributed by atoms with Gasteiger partial charge in [0.1, 0.15) is 12.8 Å². The van der Waals surface area contributed by atoms with Crippen molar-refractivity contribution in [1.29, 1.82) is 0 Å². The number of nitrogens with zero attached hydrogens (tertiary/aromatic N) is 2. The second kappa shape index (κ2) is 8.05. The highest BCUT2D eigenvalue weighted by Gasteiger charge is 2.10. The summed E-state index contributed by atoms with van der Waals surface area (Å²) in [6.07, 6.45) is 4.26. The van der Waals surface area contributed by atoms with Crippen LogP contribution in [0.25, 0.3) is 23.1 Å². The Hall–Kier alpha value is -2.81. The highest BCUT2D eigenvalue weighted by Crippen LogP contribution is 2.27. The maximum absolute atomic E-state index is 5.63. The third kappa shape index (κ3) is 3.57.